The second kappa shape index (κ2) is 27.4. The molecule has 58 heavy (non-hydrogen) atoms. The van der Waals surface area contributed by atoms with Crippen molar-refractivity contribution in [3.8, 4) is 0 Å². The van der Waals surface area contributed by atoms with Crippen LogP contribution >= 0.6 is 0 Å². The lowest BCUT2D eigenvalue weighted by molar-refractivity contribution is -0.415. The number of unbranched alkanes of at least 4 members (excludes halogenated alkanes) is 2. The second-order valence-electron chi connectivity index (χ2n) is 15.3. The van der Waals surface area contributed by atoms with E-state index in [0.717, 1.165) is 36.8 Å². The van der Waals surface area contributed by atoms with Gasteiger partial charge in [-0.1, -0.05) is 87.4 Å². The van der Waals surface area contributed by atoms with Gasteiger partial charge in [-0.05, 0) is 58.6 Å². The highest BCUT2D eigenvalue weighted by molar-refractivity contribution is 5.81. The molecule has 0 saturated carbocycles. The largest absolute Gasteiger partial charge is 1.00 e. The first kappa shape index (κ1) is 50.8. The highest BCUT2D eigenvalue weighted by Crippen LogP contribution is 2.20. The Kier molecular flexibility index (Phi) is 24.0. The van der Waals surface area contributed by atoms with Crippen LogP contribution in [0, 0.1) is 0 Å². The zero-order valence-corrected chi connectivity index (χ0v) is 36.1. The van der Waals surface area contributed by atoms with E-state index in [-0.39, 0.29) is 44.3 Å². The Morgan fingerprint density at radius 3 is 1.60 bits per heavy atom. The molecular weight excluding hydrogens is 772 g/mol. The standard InChI is InChI=1S/C24H37NO7.C19H29NO5.ClH/c1-6-7-13-29-20-16-28-15-19(25-23(27)32-24(3,4)5)22(26)31-17(2)21(20)30-14-18-11-9-8-10-12-18;1-3-4-10-23-17-13-22-12-16(20)19(21)25-14(2)18(17)24-11-15-8-6-5-7-9-15;/h8-12,17,19-21H,6-7,13-16H2,1-5H3,(H,25,27);5-9,14,16-18H,3-4,10-13,20H2,1-2H3;1H/t17-,19-,20-,21-;14-,16-,17-,18-;/m00./s1. The van der Waals surface area contributed by atoms with Gasteiger partial charge in [0.25, 0.3) is 0 Å². The summed E-state index contributed by atoms with van der Waals surface area (Å²) in [4.78, 5) is 37.0. The number of carbonyl (C=O) groups excluding carboxylic acids is 3. The number of benzene rings is 2. The molecule has 2 aromatic rings. The number of cyclic esters (lactones) is 2. The van der Waals surface area contributed by atoms with Crippen molar-refractivity contribution in [2.45, 2.75) is 142 Å². The van der Waals surface area contributed by atoms with Crippen LogP contribution in [0.4, 0.5) is 4.79 Å². The molecule has 2 heterocycles. The van der Waals surface area contributed by atoms with Crippen LogP contribution in [0.5, 0.6) is 0 Å². The fourth-order valence-electron chi connectivity index (χ4n) is 5.85. The van der Waals surface area contributed by atoms with Crippen molar-refractivity contribution >= 4 is 18.0 Å². The van der Waals surface area contributed by atoms with Crippen molar-refractivity contribution in [2.75, 3.05) is 39.6 Å². The number of amides is 1. The molecular formula is C43H67ClN2O12. The van der Waals surface area contributed by atoms with E-state index in [0.29, 0.717) is 33.0 Å². The molecule has 8 atom stereocenters. The van der Waals surface area contributed by atoms with Crippen LogP contribution in [0.25, 0.3) is 0 Å². The Morgan fingerprint density at radius 2 is 1.16 bits per heavy atom. The molecule has 328 valence electrons. The van der Waals surface area contributed by atoms with Crippen molar-refractivity contribution in [1.29, 1.82) is 0 Å². The number of hydrogen-bond acceptors (Lipinski definition) is 12. The normalized spacial score (nSPS) is 25.6. The summed E-state index contributed by atoms with van der Waals surface area (Å²) < 4.78 is 52.1. The lowest BCUT2D eigenvalue weighted by Crippen LogP contribution is -3.00. The van der Waals surface area contributed by atoms with Gasteiger partial charge in [-0.3, -0.25) is 0 Å². The van der Waals surface area contributed by atoms with Gasteiger partial charge >= 0.3 is 18.0 Å². The van der Waals surface area contributed by atoms with Crippen LogP contribution in [0.1, 0.15) is 85.3 Å². The summed E-state index contributed by atoms with van der Waals surface area (Å²) in [7, 11) is 0. The predicted octanol–water partition coefficient (Wildman–Crippen LogP) is 1.95. The molecule has 2 aliphatic heterocycles. The van der Waals surface area contributed by atoms with Gasteiger partial charge < -0.3 is 66.1 Å². The third-order valence-corrected chi connectivity index (χ3v) is 8.97. The van der Waals surface area contributed by atoms with E-state index in [1.165, 1.54) is 0 Å². The molecule has 1 amide bonds. The zero-order valence-electron chi connectivity index (χ0n) is 35.4. The fraction of sp³-hybridized carbons (Fsp3) is 0.651. The molecule has 0 aromatic heterocycles. The highest BCUT2D eigenvalue weighted by Gasteiger charge is 2.37. The lowest BCUT2D eigenvalue weighted by Gasteiger charge is -2.30. The molecule has 2 saturated heterocycles. The van der Waals surface area contributed by atoms with Gasteiger partial charge in [0.1, 0.15) is 48.8 Å². The second-order valence-corrected chi connectivity index (χ2v) is 15.3. The average Bonchev–Trinajstić information content (AvgIpc) is 3.25. The maximum Gasteiger partial charge on any atom is 0.408 e. The third kappa shape index (κ3) is 19.2. The Labute approximate surface area is 350 Å². The number of halogens is 1. The van der Waals surface area contributed by atoms with Crippen LogP contribution < -0.4 is 23.5 Å². The van der Waals surface area contributed by atoms with Crippen LogP contribution in [0.2, 0.25) is 0 Å². The molecule has 2 aliphatic rings. The molecule has 0 unspecified atom stereocenters. The van der Waals surface area contributed by atoms with E-state index in [1.807, 2.05) is 67.6 Å². The number of nitrogens with one attached hydrogen (secondary N) is 1. The summed E-state index contributed by atoms with van der Waals surface area (Å²) in [6.45, 7) is 15.7. The van der Waals surface area contributed by atoms with E-state index >= 15 is 0 Å². The summed E-state index contributed by atoms with van der Waals surface area (Å²) in [5.74, 6) is -0.971. The predicted molar refractivity (Wildman–Crippen MR) is 212 cm³/mol. The van der Waals surface area contributed by atoms with Crippen molar-refractivity contribution in [2.24, 2.45) is 0 Å². The summed E-state index contributed by atoms with van der Waals surface area (Å²) in [6, 6.07) is 18.1. The number of esters is 2. The molecule has 4 N–H and O–H groups in total. The first-order valence-corrected chi connectivity index (χ1v) is 20.2. The summed E-state index contributed by atoms with van der Waals surface area (Å²) in [5.41, 5.74) is 5.17. The number of hydrogen-bond donors (Lipinski definition) is 2. The smallest absolute Gasteiger partial charge is 0.408 e. The first-order chi connectivity index (χ1) is 27.3. The Balaban J connectivity index is 0.000000405. The van der Waals surface area contributed by atoms with Gasteiger partial charge in [0.15, 0.2) is 6.04 Å². The van der Waals surface area contributed by atoms with E-state index in [9.17, 15) is 14.4 Å². The summed E-state index contributed by atoms with van der Waals surface area (Å²) in [6.07, 6.45) is 0.523. The first-order valence-electron chi connectivity index (χ1n) is 20.2. The van der Waals surface area contributed by atoms with Crippen molar-refractivity contribution in [3.05, 3.63) is 71.8 Å². The molecule has 2 aromatic carbocycles. The van der Waals surface area contributed by atoms with E-state index in [2.05, 4.69) is 24.9 Å². The van der Waals surface area contributed by atoms with Crippen LogP contribution in [0.3, 0.4) is 0 Å². The molecule has 15 heteroatoms. The van der Waals surface area contributed by atoms with E-state index in [4.69, 9.17) is 42.6 Å². The molecule has 4 rings (SSSR count). The zero-order chi connectivity index (χ0) is 41.6. The SMILES string of the molecule is CCCCO[C@H]1COC[C@H](NC(=O)OC(C)(C)C)C(=O)O[C@@H](C)[C@@H]1OCc1ccccc1.CCCCO[C@H]1COC[C@H]([NH3+])C(=O)O[C@@H](C)[C@@H]1OCc1ccccc1.[Cl-]. The Hall–Kier alpha value is -3.34. The monoisotopic (exact) mass is 838 g/mol. The van der Waals surface area contributed by atoms with Gasteiger partial charge in [-0.25, -0.2) is 14.4 Å². The molecule has 0 aliphatic carbocycles. The summed E-state index contributed by atoms with van der Waals surface area (Å²) >= 11 is 0. The van der Waals surface area contributed by atoms with E-state index in [1.54, 1.807) is 27.7 Å². The van der Waals surface area contributed by atoms with Gasteiger partial charge in [-0.15, -0.1) is 0 Å². The quantitative estimate of drug-likeness (QED) is 0.152. The van der Waals surface area contributed by atoms with Crippen molar-refractivity contribution < 1.29 is 75.2 Å². The maximum absolute atomic E-state index is 12.7. The number of ether oxygens (including phenoxy) is 9. The van der Waals surface area contributed by atoms with Crippen LogP contribution in [-0.4, -0.2) is 112 Å². The molecule has 0 bridgehead atoms. The van der Waals surface area contributed by atoms with Crippen molar-refractivity contribution in [3.63, 3.8) is 0 Å². The van der Waals surface area contributed by atoms with Gasteiger partial charge in [0, 0.05) is 13.2 Å². The number of alkyl carbamates (subject to hydrolysis) is 1. The van der Waals surface area contributed by atoms with Gasteiger partial charge in [0.2, 0.25) is 6.04 Å². The van der Waals surface area contributed by atoms with E-state index < -0.39 is 60.3 Å². The number of quaternary nitrogens is 1. The topological polar surface area (TPSA) is 174 Å². The lowest BCUT2D eigenvalue weighted by atomic mass is 10.1. The number of rotatable bonds is 15. The highest BCUT2D eigenvalue weighted by atomic mass is 35.5. The van der Waals surface area contributed by atoms with Crippen molar-refractivity contribution in [1.82, 2.24) is 5.32 Å². The minimum atomic E-state index is -0.989. The fourth-order valence-corrected chi connectivity index (χ4v) is 5.85. The molecule has 2 fully saturated rings. The number of carbonyl (C=O) groups is 3. The summed E-state index contributed by atoms with van der Waals surface area (Å²) in [5, 5.41) is 2.54. The van der Waals surface area contributed by atoms with Gasteiger partial charge in [-0.2, -0.15) is 0 Å². The van der Waals surface area contributed by atoms with Crippen LogP contribution in [0.15, 0.2) is 60.7 Å². The van der Waals surface area contributed by atoms with Crippen LogP contribution in [-0.2, 0) is 65.4 Å². The maximum atomic E-state index is 12.7. The minimum absolute atomic E-state index is 0. The molecule has 14 nitrogen and oxygen atoms in total. The average molecular weight is 839 g/mol. The Bertz CT molecular complexity index is 1430. The third-order valence-electron chi connectivity index (χ3n) is 8.97. The molecule has 0 spiro atoms. The Morgan fingerprint density at radius 1 is 0.707 bits per heavy atom. The minimum Gasteiger partial charge on any atom is -1.00 e. The molecule has 0 radical (unpaired) electrons. The van der Waals surface area contributed by atoms with Gasteiger partial charge in [0.05, 0.1) is 33.0 Å².